The molecule has 0 aliphatic carbocycles. The minimum absolute atomic E-state index is 0.0912. The van der Waals surface area contributed by atoms with Gasteiger partial charge in [-0.3, -0.25) is 14.9 Å². The van der Waals surface area contributed by atoms with Gasteiger partial charge in [-0.15, -0.1) is 0 Å². The van der Waals surface area contributed by atoms with Crippen molar-refractivity contribution in [3.63, 3.8) is 0 Å². The van der Waals surface area contributed by atoms with E-state index in [2.05, 4.69) is 41.9 Å². The molecule has 0 spiro atoms. The molecule has 4 aromatic rings. The first-order chi connectivity index (χ1) is 17.7. The molecule has 8 nitrogen and oxygen atoms in total. The third-order valence-corrected chi connectivity index (χ3v) is 6.74. The first kappa shape index (κ1) is 26.6. The zero-order chi connectivity index (χ0) is 26.7. The lowest BCUT2D eigenvalue weighted by Crippen LogP contribution is -2.23. The summed E-state index contributed by atoms with van der Waals surface area (Å²) in [6.45, 7) is 3.67. The lowest BCUT2D eigenvalue weighted by Gasteiger charge is -2.14. The minimum atomic E-state index is -0.593. The number of hydrogen-bond donors (Lipinski definition) is 0. The minimum Gasteiger partial charge on any atom is -0.481 e. The summed E-state index contributed by atoms with van der Waals surface area (Å²) in [6, 6.07) is 14.1. The van der Waals surface area contributed by atoms with Gasteiger partial charge in [0.25, 0.3) is 5.56 Å². The van der Waals surface area contributed by atoms with Gasteiger partial charge in [0.05, 0.1) is 22.0 Å². The Morgan fingerprint density at radius 1 is 1.19 bits per heavy atom. The summed E-state index contributed by atoms with van der Waals surface area (Å²) in [5.74, 6) is -0.228. The van der Waals surface area contributed by atoms with E-state index in [1.54, 1.807) is 30.3 Å². The van der Waals surface area contributed by atoms with Crippen LogP contribution < -0.4 is 10.3 Å². The molecular formula is C26H21Br2FN4O4. The molecule has 0 radical (unpaired) electrons. The summed E-state index contributed by atoms with van der Waals surface area (Å²) < 4.78 is 22.2. The van der Waals surface area contributed by atoms with Crippen molar-refractivity contribution in [3.05, 3.63) is 107 Å². The molecule has 0 fully saturated rings. The molecule has 0 aliphatic rings. The van der Waals surface area contributed by atoms with Gasteiger partial charge < -0.3 is 4.74 Å². The van der Waals surface area contributed by atoms with Crippen LogP contribution in [0.3, 0.4) is 0 Å². The van der Waals surface area contributed by atoms with Crippen LogP contribution in [0.1, 0.15) is 43.1 Å². The highest BCUT2D eigenvalue weighted by Gasteiger charge is 2.22. The first-order valence-electron chi connectivity index (χ1n) is 11.3. The van der Waals surface area contributed by atoms with E-state index in [9.17, 15) is 19.3 Å². The monoisotopic (exact) mass is 630 g/mol. The predicted octanol–water partition coefficient (Wildman–Crippen LogP) is 6.94. The Labute approximate surface area is 228 Å². The highest BCUT2D eigenvalue weighted by atomic mass is 79.9. The standard InChI is InChI=1S/C26H21Br2FN4O4/c1-3-15(2)25-31-22-9-8-18(27)11-20(22)26(34)32(25)30-13-17-10-19(28)12-23(33(35)36)24(17)37-14-16-6-4-5-7-21(16)29/h4-13,15H,3,14H2,1-2H3/t15-/m1/s1. The van der Waals surface area contributed by atoms with E-state index in [0.717, 1.165) is 4.47 Å². The molecule has 0 aliphatic heterocycles. The molecule has 0 amide bonds. The number of nitro benzene ring substituents is 1. The molecule has 0 bridgehead atoms. The number of aromatic nitrogens is 2. The third kappa shape index (κ3) is 5.78. The predicted molar refractivity (Wildman–Crippen MR) is 147 cm³/mol. The molecule has 11 heteroatoms. The molecule has 4 rings (SSSR count). The van der Waals surface area contributed by atoms with Crippen molar-refractivity contribution < 1.29 is 14.1 Å². The Morgan fingerprint density at radius 2 is 1.95 bits per heavy atom. The van der Waals surface area contributed by atoms with Gasteiger partial charge in [-0.05, 0) is 36.8 Å². The normalized spacial score (nSPS) is 12.2. The fraction of sp³-hybridized carbons (Fsp3) is 0.192. The Morgan fingerprint density at radius 3 is 2.65 bits per heavy atom. The summed E-state index contributed by atoms with van der Waals surface area (Å²) in [6.07, 6.45) is 2.02. The molecule has 0 N–H and O–H groups in total. The van der Waals surface area contributed by atoms with Crippen molar-refractivity contribution in [1.82, 2.24) is 9.66 Å². The molecule has 1 atom stereocenters. The Bertz CT molecular complexity index is 1590. The summed E-state index contributed by atoms with van der Waals surface area (Å²) in [5, 5.41) is 16.6. The number of rotatable bonds is 8. The third-order valence-electron chi connectivity index (χ3n) is 5.79. The quantitative estimate of drug-likeness (QED) is 0.119. The zero-order valence-electron chi connectivity index (χ0n) is 19.8. The summed E-state index contributed by atoms with van der Waals surface area (Å²) >= 11 is 6.67. The van der Waals surface area contributed by atoms with Crippen LogP contribution in [0.4, 0.5) is 10.1 Å². The lowest BCUT2D eigenvalue weighted by molar-refractivity contribution is -0.386. The molecule has 0 unspecified atom stereocenters. The van der Waals surface area contributed by atoms with Crippen molar-refractivity contribution in [2.75, 3.05) is 0 Å². The van der Waals surface area contributed by atoms with Gasteiger partial charge in [-0.1, -0.05) is 63.9 Å². The lowest BCUT2D eigenvalue weighted by atomic mass is 10.1. The van der Waals surface area contributed by atoms with E-state index < -0.39 is 10.7 Å². The van der Waals surface area contributed by atoms with Gasteiger partial charge in [-0.25, -0.2) is 9.37 Å². The van der Waals surface area contributed by atoms with E-state index in [1.165, 1.54) is 29.1 Å². The van der Waals surface area contributed by atoms with Crippen LogP contribution in [-0.2, 0) is 6.61 Å². The second-order valence-corrected chi connectivity index (χ2v) is 10.1. The Balaban J connectivity index is 1.85. The van der Waals surface area contributed by atoms with Gasteiger partial charge in [-0.2, -0.15) is 9.78 Å². The van der Waals surface area contributed by atoms with E-state index >= 15 is 0 Å². The van der Waals surface area contributed by atoms with E-state index in [4.69, 9.17) is 4.74 Å². The first-order valence-corrected chi connectivity index (χ1v) is 12.9. The van der Waals surface area contributed by atoms with Gasteiger partial charge in [0.15, 0.2) is 0 Å². The maximum absolute atomic E-state index is 14.1. The van der Waals surface area contributed by atoms with Crippen molar-refractivity contribution >= 4 is 54.7 Å². The van der Waals surface area contributed by atoms with Gasteiger partial charge in [0.2, 0.25) is 5.75 Å². The molecule has 1 aromatic heterocycles. The largest absolute Gasteiger partial charge is 0.481 e. The Hall–Kier alpha value is -3.44. The van der Waals surface area contributed by atoms with Gasteiger partial charge in [0.1, 0.15) is 18.2 Å². The maximum atomic E-state index is 14.1. The zero-order valence-corrected chi connectivity index (χ0v) is 23.0. The van der Waals surface area contributed by atoms with E-state index in [-0.39, 0.29) is 40.6 Å². The average molecular weight is 632 g/mol. The number of fused-ring (bicyclic) bond motifs is 1. The summed E-state index contributed by atoms with van der Waals surface area (Å²) in [5.41, 5.74) is 0.302. The molecular weight excluding hydrogens is 611 g/mol. The highest BCUT2D eigenvalue weighted by Crippen LogP contribution is 2.35. The van der Waals surface area contributed by atoms with Crippen LogP contribution in [0.5, 0.6) is 5.75 Å². The summed E-state index contributed by atoms with van der Waals surface area (Å²) in [7, 11) is 0. The number of benzene rings is 3. The fourth-order valence-electron chi connectivity index (χ4n) is 3.65. The molecule has 0 saturated heterocycles. The average Bonchev–Trinajstić information content (AvgIpc) is 2.87. The van der Waals surface area contributed by atoms with Crippen molar-refractivity contribution in [3.8, 4) is 5.75 Å². The molecule has 37 heavy (non-hydrogen) atoms. The topological polar surface area (TPSA) is 99.6 Å². The van der Waals surface area contributed by atoms with E-state index in [1.807, 2.05) is 19.9 Å². The van der Waals surface area contributed by atoms with Crippen LogP contribution in [0.25, 0.3) is 10.9 Å². The molecule has 3 aromatic carbocycles. The molecule has 0 saturated carbocycles. The maximum Gasteiger partial charge on any atom is 0.312 e. The number of hydrogen-bond acceptors (Lipinski definition) is 6. The van der Waals surface area contributed by atoms with Crippen LogP contribution >= 0.6 is 31.9 Å². The fourth-order valence-corrected chi connectivity index (χ4v) is 4.48. The molecule has 190 valence electrons. The van der Waals surface area contributed by atoms with E-state index in [0.29, 0.717) is 27.6 Å². The van der Waals surface area contributed by atoms with Crippen molar-refractivity contribution in [2.24, 2.45) is 5.10 Å². The number of ether oxygens (including phenoxy) is 1. The van der Waals surface area contributed by atoms with Crippen molar-refractivity contribution in [1.29, 1.82) is 0 Å². The second kappa shape index (κ2) is 11.3. The van der Waals surface area contributed by atoms with Crippen molar-refractivity contribution in [2.45, 2.75) is 32.8 Å². The Kier molecular flexibility index (Phi) is 8.13. The molecule has 1 heterocycles. The summed E-state index contributed by atoms with van der Waals surface area (Å²) in [4.78, 5) is 29.3. The van der Waals surface area contributed by atoms with Gasteiger partial charge >= 0.3 is 5.69 Å². The number of halogens is 3. The highest BCUT2D eigenvalue weighted by molar-refractivity contribution is 9.10. The number of nitro groups is 1. The van der Waals surface area contributed by atoms with Crippen LogP contribution in [0, 0.1) is 15.9 Å². The van der Waals surface area contributed by atoms with Gasteiger partial charge in [0, 0.05) is 32.1 Å². The second-order valence-electron chi connectivity index (χ2n) is 8.28. The van der Waals surface area contributed by atoms with Crippen LogP contribution in [0.15, 0.2) is 73.4 Å². The van der Waals surface area contributed by atoms with Crippen LogP contribution in [-0.4, -0.2) is 20.8 Å². The van der Waals surface area contributed by atoms with Crippen LogP contribution in [0.2, 0.25) is 0 Å². The number of nitrogens with zero attached hydrogens (tertiary/aromatic N) is 4. The smallest absolute Gasteiger partial charge is 0.312 e. The SMILES string of the molecule is CC[C@@H](C)c1nc2ccc(Br)cc2c(=O)n1N=Cc1cc(Br)cc([N+](=O)[O-])c1OCc1ccccc1F.